The summed E-state index contributed by atoms with van der Waals surface area (Å²) in [6.45, 7) is 2.21. The van der Waals surface area contributed by atoms with E-state index in [4.69, 9.17) is 9.47 Å². The Bertz CT molecular complexity index is 664. The summed E-state index contributed by atoms with van der Waals surface area (Å²) in [6, 6.07) is 8.37. The van der Waals surface area contributed by atoms with Crippen molar-refractivity contribution in [1.82, 2.24) is 0 Å². The zero-order valence-electron chi connectivity index (χ0n) is 16.3. The van der Waals surface area contributed by atoms with E-state index >= 15 is 0 Å². The van der Waals surface area contributed by atoms with Crippen LogP contribution in [0.3, 0.4) is 0 Å². The Balaban J connectivity index is 1.16. The van der Waals surface area contributed by atoms with Crippen LogP contribution in [0.5, 0.6) is 5.75 Å². The minimum atomic E-state index is -0.263. The zero-order chi connectivity index (χ0) is 18.4. The molecule has 6 rings (SSSR count). The smallest absolute Gasteiger partial charge is 0.344 e. The molecule has 146 valence electrons. The van der Waals surface area contributed by atoms with Crippen LogP contribution < -0.4 is 4.74 Å². The number of benzene rings is 1. The number of esters is 1. The standard InChI is InChI=1S/C23H31O3S/c1-23(18-11-16-10-17(13-18)14-19(23)12-16)26-22(24)15-25-20-4-6-21(7-5-20)27-8-2-3-9-27/h4-7,16-19H,2-3,8-15H2,1H3/q+1. The van der Waals surface area contributed by atoms with Crippen LogP contribution in [0.1, 0.15) is 51.9 Å². The van der Waals surface area contributed by atoms with Crippen LogP contribution in [0.4, 0.5) is 0 Å². The first-order valence-electron chi connectivity index (χ1n) is 10.7. The molecule has 0 aromatic heterocycles. The number of hydrogen-bond donors (Lipinski definition) is 0. The molecule has 1 heterocycles. The maximum absolute atomic E-state index is 12.5. The molecule has 5 fully saturated rings. The molecule has 4 heteroatoms. The van der Waals surface area contributed by atoms with Crippen LogP contribution in [0.2, 0.25) is 0 Å². The lowest BCUT2D eigenvalue weighted by Gasteiger charge is -2.59. The van der Waals surface area contributed by atoms with Crippen LogP contribution in [-0.2, 0) is 20.4 Å². The third-order valence-electron chi connectivity index (χ3n) is 7.64. The van der Waals surface area contributed by atoms with Gasteiger partial charge in [-0.1, -0.05) is 0 Å². The molecule has 0 amide bonds. The Hall–Kier alpha value is -1.16. The molecule has 1 aliphatic heterocycles. The summed E-state index contributed by atoms with van der Waals surface area (Å²) in [6.07, 6.45) is 9.13. The Morgan fingerprint density at radius 1 is 1.00 bits per heavy atom. The Kier molecular flexibility index (Phi) is 4.66. The summed E-state index contributed by atoms with van der Waals surface area (Å²) in [7, 11) is 0.428. The van der Waals surface area contributed by atoms with E-state index in [1.165, 1.54) is 61.3 Å². The molecular weight excluding hydrogens is 356 g/mol. The van der Waals surface area contributed by atoms with E-state index in [1.54, 1.807) is 0 Å². The molecule has 3 nitrogen and oxygen atoms in total. The SMILES string of the molecule is CC1(OC(=O)COc2ccc([S+]3CCCC3)cc2)C2CC3CC(C2)CC1C3. The predicted octanol–water partition coefficient (Wildman–Crippen LogP) is 4.59. The van der Waals surface area contributed by atoms with Gasteiger partial charge in [-0.05, 0) is 99.8 Å². The van der Waals surface area contributed by atoms with E-state index in [1.807, 2.05) is 12.1 Å². The van der Waals surface area contributed by atoms with Gasteiger partial charge < -0.3 is 9.47 Å². The van der Waals surface area contributed by atoms with E-state index in [9.17, 15) is 4.79 Å². The molecule has 5 aliphatic rings. The topological polar surface area (TPSA) is 35.5 Å². The van der Waals surface area contributed by atoms with Crippen molar-refractivity contribution in [2.75, 3.05) is 18.1 Å². The quantitative estimate of drug-likeness (QED) is 0.547. The molecular formula is C23H31O3S+. The van der Waals surface area contributed by atoms with E-state index < -0.39 is 0 Å². The average molecular weight is 388 g/mol. The van der Waals surface area contributed by atoms with E-state index in [0.29, 0.717) is 22.7 Å². The largest absolute Gasteiger partial charge is 0.482 e. The Morgan fingerprint density at radius 3 is 2.19 bits per heavy atom. The minimum Gasteiger partial charge on any atom is -0.482 e. The minimum absolute atomic E-state index is 0.0208. The van der Waals surface area contributed by atoms with E-state index in [2.05, 4.69) is 19.1 Å². The lowest BCUT2D eigenvalue weighted by molar-refractivity contribution is -0.204. The average Bonchev–Trinajstić information content (AvgIpc) is 3.19. The van der Waals surface area contributed by atoms with Crippen molar-refractivity contribution in [3.05, 3.63) is 24.3 Å². The second kappa shape index (κ2) is 7.02. The summed E-state index contributed by atoms with van der Waals surface area (Å²) >= 11 is 0. The Labute approximate surface area is 165 Å². The summed E-state index contributed by atoms with van der Waals surface area (Å²) in [5.41, 5.74) is -0.263. The normalized spacial score (nSPS) is 37.5. The number of hydrogen-bond acceptors (Lipinski definition) is 3. The van der Waals surface area contributed by atoms with Gasteiger partial charge in [0.05, 0.1) is 0 Å². The highest BCUT2D eigenvalue weighted by molar-refractivity contribution is 7.97. The number of carbonyl (C=O) groups is 1. The maximum Gasteiger partial charge on any atom is 0.344 e. The molecule has 0 spiro atoms. The molecule has 0 radical (unpaired) electrons. The molecule has 0 N–H and O–H groups in total. The lowest BCUT2D eigenvalue weighted by atomic mass is 9.50. The first-order valence-corrected chi connectivity index (χ1v) is 12.3. The number of carbonyl (C=O) groups excluding carboxylic acids is 1. The van der Waals surface area contributed by atoms with Crippen molar-refractivity contribution in [2.45, 2.75) is 62.4 Å². The first kappa shape index (κ1) is 17.9. The van der Waals surface area contributed by atoms with Crippen molar-refractivity contribution in [2.24, 2.45) is 23.7 Å². The van der Waals surface area contributed by atoms with Gasteiger partial charge in [-0.3, -0.25) is 0 Å². The third-order valence-corrected chi connectivity index (χ3v) is 10.1. The highest BCUT2D eigenvalue weighted by atomic mass is 32.2. The highest BCUT2D eigenvalue weighted by Crippen LogP contribution is 2.59. The van der Waals surface area contributed by atoms with Gasteiger partial charge in [0.2, 0.25) is 0 Å². The second-order valence-corrected chi connectivity index (χ2v) is 11.6. The molecule has 27 heavy (non-hydrogen) atoms. The van der Waals surface area contributed by atoms with Crippen LogP contribution in [0.25, 0.3) is 0 Å². The zero-order valence-corrected chi connectivity index (χ0v) is 17.1. The van der Waals surface area contributed by atoms with Crippen LogP contribution in [0.15, 0.2) is 29.2 Å². The van der Waals surface area contributed by atoms with Gasteiger partial charge in [-0.15, -0.1) is 0 Å². The van der Waals surface area contributed by atoms with E-state index in [0.717, 1.165) is 17.6 Å². The number of rotatable bonds is 5. The van der Waals surface area contributed by atoms with Gasteiger partial charge in [0, 0.05) is 10.9 Å². The second-order valence-electron chi connectivity index (χ2n) is 9.33. The summed E-state index contributed by atoms with van der Waals surface area (Å²) in [4.78, 5) is 14.0. The summed E-state index contributed by atoms with van der Waals surface area (Å²) in [5.74, 6) is 6.11. The molecule has 4 aliphatic carbocycles. The predicted molar refractivity (Wildman–Crippen MR) is 108 cm³/mol. The van der Waals surface area contributed by atoms with Crippen LogP contribution >= 0.6 is 0 Å². The van der Waals surface area contributed by atoms with Gasteiger partial charge in [-0.25, -0.2) is 4.79 Å². The van der Waals surface area contributed by atoms with E-state index in [-0.39, 0.29) is 18.2 Å². The van der Waals surface area contributed by atoms with Crippen LogP contribution in [0, 0.1) is 23.7 Å². The maximum atomic E-state index is 12.5. The fourth-order valence-electron chi connectivity index (χ4n) is 6.32. The summed E-state index contributed by atoms with van der Waals surface area (Å²) in [5, 5.41) is 0. The third kappa shape index (κ3) is 3.39. The van der Waals surface area contributed by atoms with Gasteiger partial charge >= 0.3 is 5.97 Å². The molecule has 1 aromatic carbocycles. The van der Waals surface area contributed by atoms with Gasteiger partial charge in [0.25, 0.3) is 0 Å². The number of ether oxygens (including phenoxy) is 2. The van der Waals surface area contributed by atoms with Crippen molar-refractivity contribution in [3.63, 3.8) is 0 Å². The van der Waals surface area contributed by atoms with Gasteiger partial charge in [-0.2, -0.15) is 0 Å². The fraction of sp³-hybridized carbons (Fsp3) is 0.696. The molecule has 4 saturated carbocycles. The Morgan fingerprint density at radius 2 is 1.59 bits per heavy atom. The molecule has 1 saturated heterocycles. The van der Waals surface area contributed by atoms with Gasteiger partial charge in [0.1, 0.15) is 22.9 Å². The van der Waals surface area contributed by atoms with Gasteiger partial charge in [0.15, 0.2) is 11.5 Å². The fourth-order valence-corrected chi connectivity index (χ4v) is 8.62. The summed E-state index contributed by atoms with van der Waals surface area (Å²) < 4.78 is 11.8. The highest BCUT2D eigenvalue weighted by Gasteiger charge is 2.57. The van der Waals surface area contributed by atoms with Crippen molar-refractivity contribution < 1.29 is 14.3 Å². The molecule has 0 unspecified atom stereocenters. The molecule has 1 aromatic rings. The van der Waals surface area contributed by atoms with Crippen molar-refractivity contribution in [3.8, 4) is 5.75 Å². The monoisotopic (exact) mass is 387 g/mol. The van der Waals surface area contributed by atoms with Crippen LogP contribution in [-0.4, -0.2) is 29.7 Å². The molecule has 0 atom stereocenters. The van der Waals surface area contributed by atoms with Crippen molar-refractivity contribution >= 4 is 16.9 Å². The van der Waals surface area contributed by atoms with Crippen molar-refractivity contribution in [1.29, 1.82) is 0 Å². The molecule has 4 bridgehead atoms. The lowest BCUT2D eigenvalue weighted by Crippen LogP contribution is -2.58. The first-order chi connectivity index (χ1) is 13.1.